The van der Waals surface area contributed by atoms with Crippen LogP contribution in [0.1, 0.15) is 0 Å². The largest absolute Gasteiger partial charge is 0.323 e. The van der Waals surface area contributed by atoms with Crippen molar-refractivity contribution in [1.29, 1.82) is 0 Å². The topological polar surface area (TPSA) is 41.1 Å². The Bertz CT molecular complexity index is 391. The Kier molecular flexibility index (Phi) is 2.64. The molecule has 0 aromatic heterocycles. The van der Waals surface area contributed by atoms with Gasteiger partial charge in [-0.3, -0.25) is 4.79 Å². The molecular weight excluding hydrogens is 202 g/mol. The van der Waals surface area contributed by atoms with E-state index in [2.05, 4.69) is 10.6 Å². The van der Waals surface area contributed by atoms with Gasteiger partial charge in [0.1, 0.15) is 0 Å². The van der Waals surface area contributed by atoms with E-state index >= 15 is 0 Å². The van der Waals surface area contributed by atoms with Crippen LogP contribution in [0.4, 0.5) is 14.5 Å². The van der Waals surface area contributed by atoms with E-state index in [1.54, 1.807) is 0 Å². The third-order valence-corrected chi connectivity index (χ3v) is 2.36. The highest BCUT2D eigenvalue weighted by atomic mass is 19.2. The van der Waals surface area contributed by atoms with Gasteiger partial charge < -0.3 is 10.6 Å². The van der Waals surface area contributed by atoms with Crippen LogP contribution in [0, 0.1) is 17.6 Å². The van der Waals surface area contributed by atoms with Crippen molar-refractivity contribution in [2.75, 3.05) is 18.4 Å². The van der Waals surface area contributed by atoms with Gasteiger partial charge in [0, 0.05) is 13.1 Å². The first-order valence-corrected chi connectivity index (χ1v) is 4.64. The van der Waals surface area contributed by atoms with Gasteiger partial charge in [0.15, 0.2) is 11.6 Å². The van der Waals surface area contributed by atoms with Gasteiger partial charge in [-0.05, 0) is 12.1 Å². The summed E-state index contributed by atoms with van der Waals surface area (Å²) < 4.78 is 25.9. The number of benzene rings is 1. The highest BCUT2D eigenvalue weighted by Crippen LogP contribution is 2.17. The quantitative estimate of drug-likeness (QED) is 0.771. The second kappa shape index (κ2) is 3.94. The predicted molar refractivity (Wildman–Crippen MR) is 51.3 cm³/mol. The molecule has 1 saturated heterocycles. The number of carbonyl (C=O) groups is 1. The van der Waals surface area contributed by atoms with Crippen molar-refractivity contribution < 1.29 is 13.6 Å². The number of hydrogen-bond donors (Lipinski definition) is 2. The summed E-state index contributed by atoms with van der Waals surface area (Å²) in [6.07, 6.45) is 0. The molecule has 1 aliphatic heterocycles. The Morgan fingerprint density at radius 1 is 1.40 bits per heavy atom. The van der Waals surface area contributed by atoms with Gasteiger partial charge in [-0.1, -0.05) is 6.07 Å². The van der Waals surface area contributed by atoms with Crippen molar-refractivity contribution in [3.63, 3.8) is 0 Å². The molecule has 1 aromatic rings. The van der Waals surface area contributed by atoms with Gasteiger partial charge in [-0.15, -0.1) is 0 Å². The van der Waals surface area contributed by atoms with Crippen molar-refractivity contribution in [3.8, 4) is 0 Å². The summed E-state index contributed by atoms with van der Waals surface area (Å²) in [5.41, 5.74) is -0.105. The molecule has 0 bridgehead atoms. The number of nitrogens with one attached hydrogen (secondary N) is 2. The van der Waals surface area contributed by atoms with Gasteiger partial charge in [-0.25, -0.2) is 8.78 Å². The Morgan fingerprint density at radius 2 is 2.13 bits per heavy atom. The first kappa shape index (κ1) is 10.0. The lowest BCUT2D eigenvalue weighted by Gasteiger charge is -2.25. The molecule has 0 saturated carbocycles. The molecule has 0 aliphatic carbocycles. The molecule has 3 nitrogen and oxygen atoms in total. The van der Waals surface area contributed by atoms with Crippen LogP contribution in [0.25, 0.3) is 0 Å². The van der Waals surface area contributed by atoms with Gasteiger partial charge in [0.05, 0.1) is 11.6 Å². The van der Waals surface area contributed by atoms with E-state index in [0.29, 0.717) is 13.1 Å². The van der Waals surface area contributed by atoms with E-state index in [1.807, 2.05) is 0 Å². The number of amides is 1. The lowest BCUT2D eigenvalue weighted by molar-refractivity contribution is -0.121. The van der Waals surface area contributed by atoms with E-state index in [-0.39, 0.29) is 17.5 Å². The molecule has 1 fully saturated rings. The minimum Gasteiger partial charge on any atom is -0.323 e. The maximum Gasteiger partial charge on any atom is 0.230 e. The van der Waals surface area contributed by atoms with Crippen LogP contribution >= 0.6 is 0 Å². The van der Waals surface area contributed by atoms with E-state index < -0.39 is 11.6 Å². The van der Waals surface area contributed by atoms with Crippen LogP contribution in [0.15, 0.2) is 18.2 Å². The van der Waals surface area contributed by atoms with Crippen LogP contribution < -0.4 is 10.6 Å². The average Bonchev–Trinajstić information content (AvgIpc) is 2.10. The third-order valence-electron chi connectivity index (χ3n) is 2.36. The monoisotopic (exact) mass is 212 g/mol. The maximum absolute atomic E-state index is 13.1. The van der Waals surface area contributed by atoms with E-state index in [4.69, 9.17) is 0 Å². The molecule has 1 amide bonds. The molecule has 5 heteroatoms. The van der Waals surface area contributed by atoms with Crippen molar-refractivity contribution in [2.24, 2.45) is 5.92 Å². The second-order valence-corrected chi connectivity index (χ2v) is 3.45. The molecule has 0 radical (unpaired) electrons. The summed E-state index contributed by atoms with van der Waals surface area (Å²) in [6, 6.07) is 3.70. The molecule has 15 heavy (non-hydrogen) atoms. The van der Waals surface area contributed by atoms with Crippen molar-refractivity contribution in [2.45, 2.75) is 0 Å². The minimum atomic E-state index is -1.02. The van der Waals surface area contributed by atoms with E-state index in [9.17, 15) is 13.6 Å². The molecule has 2 rings (SSSR count). The summed E-state index contributed by atoms with van der Waals surface area (Å²) >= 11 is 0. The molecule has 2 N–H and O–H groups in total. The van der Waals surface area contributed by atoms with Gasteiger partial charge in [0.2, 0.25) is 5.91 Å². The number of rotatable bonds is 2. The van der Waals surface area contributed by atoms with Gasteiger partial charge in [0.25, 0.3) is 0 Å². The lowest BCUT2D eigenvalue weighted by atomic mass is 10.0. The summed E-state index contributed by atoms with van der Waals surface area (Å²) in [5.74, 6) is -2.40. The molecule has 0 atom stereocenters. The van der Waals surface area contributed by atoms with Crippen LogP contribution in [-0.2, 0) is 4.79 Å². The molecule has 1 aliphatic rings. The Hall–Kier alpha value is -1.49. The zero-order chi connectivity index (χ0) is 10.8. The average molecular weight is 212 g/mol. The lowest BCUT2D eigenvalue weighted by Crippen LogP contribution is -2.48. The SMILES string of the molecule is O=C(Nc1cccc(F)c1F)C1CNC1. The normalized spacial score (nSPS) is 15.9. The van der Waals surface area contributed by atoms with Gasteiger partial charge >= 0.3 is 0 Å². The smallest absolute Gasteiger partial charge is 0.230 e. The van der Waals surface area contributed by atoms with Crippen LogP contribution in [0.5, 0.6) is 0 Å². The molecule has 0 spiro atoms. The Morgan fingerprint density at radius 3 is 2.73 bits per heavy atom. The zero-order valence-corrected chi connectivity index (χ0v) is 7.89. The molecule has 0 unspecified atom stereocenters. The van der Waals surface area contributed by atoms with Gasteiger partial charge in [-0.2, -0.15) is 0 Å². The molecule has 1 heterocycles. The number of halogens is 2. The van der Waals surface area contributed by atoms with Crippen molar-refractivity contribution in [3.05, 3.63) is 29.8 Å². The summed E-state index contributed by atoms with van der Waals surface area (Å²) in [7, 11) is 0. The highest BCUT2D eigenvalue weighted by molar-refractivity contribution is 5.93. The third kappa shape index (κ3) is 1.97. The van der Waals surface area contributed by atoms with Crippen LogP contribution in [0.3, 0.4) is 0 Å². The fraction of sp³-hybridized carbons (Fsp3) is 0.300. The molecule has 80 valence electrons. The first-order valence-electron chi connectivity index (χ1n) is 4.64. The molecular formula is C10H10F2N2O. The maximum atomic E-state index is 13.1. The highest BCUT2D eigenvalue weighted by Gasteiger charge is 2.25. The first-order chi connectivity index (χ1) is 7.18. The fourth-order valence-corrected chi connectivity index (χ4v) is 1.31. The van der Waals surface area contributed by atoms with E-state index in [1.165, 1.54) is 12.1 Å². The summed E-state index contributed by atoms with van der Waals surface area (Å²) in [6.45, 7) is 1.17. The predicted octanol–water partition coefficient (Wildman–Crippen LogP) is 1.12. The number of carbonyl (C=O) groups excluding carboxylic acids is 1. The fourth-order valence-electron chi connectivity index (χ4n) is 1.31. The zero-order valence-electron chi connectivity index (χ0n) is 7.89. The number of anilines is 1. The Balaban J connectivity index is 2.09. The Labute approximate surface area is 85.5 Å². The van der Waals surface area contributed by atoms with E-state index in [0.717, 1.165) is 6.07 Å². The second-order valence-electron chi connectivity index (χ2n) is 3.45. The van der Waals surface area contributed by atoms with Crippen LogP contribution in [-0.4, -0.2) is 19.0 Å². The molecule has 1 aromatic carbocycles. The summed E-state index contributed by atoms with van der Waals surface area (Å²) in [4.78, 5) is 11.4. The van der Waals surface area contributed by atoms with Crippen molar-refractivity contribution in [1.82, 2.24) is 5.32 Å². The van der Waals surface area contributed by atoms with Crippen molar-refractivity contribution >= 4 is 11.6 Å². The summed E-state index contributed by atoms with van der Waals surface area (Å²) in [5, 5.41) is 5.28. The minimum absolute atomic E-state index is 0.105. The number of hydrogen-bond acceptors (Lipinski definition) is 2. The van der Waals surface area contributed by atoms with Crippen LogP contribution in [0.2, 0.25) is 0 Å². The standard InChI is InChI=1S/C10H10F2N2O/c11-7-2-1-3-8(9(7)12)14-10(15)6-4-13-5-6/h1-3,6,13H,4-5H2,(H,14,15).